The minimum absolute atomic E-state index is 0.00264. The van der Waals surface area contributed by atoms with E-state index in [2.05, 4.69) is 24.2 Å². The summed E-state index contributed by atoms with van der Waals surface area (Å²) in [6.07, 6.45) is 1.09. The number of amidine groups is 1. The Bertz CT molecular complexity index is 455. The van der Waals surface area contributed by atoms with Gasteiger partial charge in [0.15, 0.2) is 5.17 Å². The molecule has 0 aliphatic carbocycles. The van der Waals surface area contributed by atoms with E-state index in [9.17, 15) is 4.39 Å². The van der Waals surface area contributed by atoms with Gasteiger partial charge in [0.1, 0.15) is 5.82 Å². The molecule has 0 amide bonds. The maximum atomic E-state index is 13.1. The van der Waals surface area contributed by atoms with Crippen molar-refractivity contribution in [3.8, 4) is 0 Å². The number of thioether (sulfide) groups is 1. The molecule has 1 N–H and O–H groups in total. The summed E-state index contributed by atoms with van der Waals surface area (Å²) in [5.41, 5.74) is 1.55. The second-order valence-corrected chi connectivity index (χ2v) is 6.00. The van der Waals surface area contributed by atoms with Gasteiger partial charge in [-0.25, -0.2) is 4.39 Å². The monoisotopic (exact) mass is 252 g/mol. The van der Waals surface area contributed by atoms with Gasteiger partial charge in [-0.1, -0.05) is 11.8 Å². The van der Waals surface area contributed by atoms with Crippen LogP contribution in [0.3, 0.4) is 0 Å². The second-order valence-electron chi connectivity index (χ2n) is 4.92. The van der Waals surface area contributed by atoms with Crippen molar-refractivity contribution >= 4 is 22.6 Å². The summed E-state index contributed by atoms with van der Waals surface area (Å²) in [7, 11) is 0. The number of halogens is 1. The van der Waals surface area contributed by atoms with Gasteiger partial charge < -0.3 is 5.32 Å². The van der Waals surface area contributed by atoms with Crippen molar-refractivity contribution in [2.75, 3.05) is 11.1 Å². The Morgan fingerprint density at radius 2 is 2.18 bits per heavy atom. The summed E-state index contributed by atoms with van der Waals surface area (Å²) in [6, 6.07) is 5.03. The molecule has 0 radical (unpaired) electrons. The topological polar surface area (TPSA) is 24.4 Å². The molecular formula is C13H17FN2S. The van der Waals surface area contributed by atoms with Crippen molar-refractivity contribution < 1.29 is 4.39 Å². The third-order valence-electron chi connectivity index (χ3n) is 2.77. The van der Waals surface area contributed by atoms with Crippen molar-refractivity contribution in [1.29, 1.82) is 0 Å². The third-order valence-corrected chi connectivity index (χ3v) is 3.64. The number of aryl methyl sites for hydroxylation is 1. The smallest absolute Gasteiger partial charge is 0.161 e. The number of aliphatic imine (C=N–C) groups is 1. The van der Waals surface area contributed by atoms with Crippen LogP contribution < -0.4 is 5.32 Å². The molecular weight excluding hydrogens is 235 g/mol. The molecule has 2 nitrogen and oxygen atoms in total. The van der Waals surface area contributed by atoms with Crippen LogP contribution in [0.1, 0.15) is 25.8 Å². The van der Waals surface area contributed by atoms with Crippen molar-refractivity contribution in [2.45, 2.75) is 32.7 Å². The average molecular weight is 252 g/mol. The highest BCUT2D eigenvalue weighted by molar-refractivity contribution is 8.14. The summed E-state index contributed by atoms with van der Waals surface area (Å²) in [5.74, 6) is 0.896. The maximum Gasteiger partial charge on any atom is 0.161 e. The van der Waals surface area contributed by atoms with E-state index < -0.39 is 0 Å². The first kappa shape index (κ1) is 12.4. The molecule has 0 atom stereocenters. The number of anilines is 1. The molecule has 0 aromatic heterocycles. The van der Waals surface area contributed by atoms with Crippen molar-refractivity contribution in [3.05, 3.63) is 29.6 Å². The molecule has 0 unspecified atom stereocenters. The summed E-state index contributed by atoms with van der Waals surface area (Å²) in [4.78, 5) is 4.64. The predicted molar refractivity (Wildman–Crippen MR) is 73.3 cm³/mol. The molecule has 2 rings (SSSR count). The van der Waals surface area contributed by atoms with Gasteiger partial charge in [0, 0.05) is 11.4 Å². The Labute approximate surface area is 106 Å². The molecule has 1 aliphatic rings. The summed E-state index contributed by atoms with van der Waals surface area (Å²) in [5, 5.41) is 4.17. The molecule has 0 spiro atoms. The Kier molecular flexibility index (Phi) is 3.43. The van der Waals surface area contributed by atoms with Gasteiger partial charge in [0.05, 0.1) is 5.54 Å². The third kappa shape index (κ3) is 3.22. The number of hydrogen-bond donors (Lipinski definition) is 1. The number of hydrogen-bond acceptors (Lipinski definition) is 3. The SMILES string of the molecule is Cc1cc(NC2=NC(C)(C)CCS2)ccc1F. The normalized spacial score (nSPS) is 18.7. The fourth-order valence-corrected chi connectivity index (χ4v) is 2.97. The molecule has 17 heavy (non-hydrogen) atoms. The summed E-state index contributed by atoms with van der Waals surface area (Å²) in [6.45, 7) is 6.02. The first-order chi connectivity index (χ1) is 7.96. The fourth-order valence-electron chi connectivity index (χ4n) is 1.67. The largest absolute Gasteiger partial charge is 0.335 e. The predicted octanol–water partition coefficient (Wildman–Crippen LogP) is 3.82. The highest BCUT2D eigenvalue weighted by Crippen LogP contribution is 2.27. The van der Waals surface area contributed by atoms with Gasteiger partial charge in [-0.15, -0.1) is 0 Å². The molecule has 0 bridgehead atoms. The van der Waals surface area contributed by atoms with E-state index in [-0.39, 0.29) is 11.4 Å². The number of benzene rings is 1. The van der Waals surface area contributed by atoms with Crippen molar-refractivity contribution in [1.82, 2.24) is 0 Å². The Morgan fingerprint density at radius 3 is 2.82 bits per heavy atom. The molecule has 0 saturated carbocycles. The Morgan fingerprint density at radius 1 is 1.41 bits per heavy atom. The van der Waals surface area contributed by atoms with Gasteiger partial charge in [0.2, 0.25) is 0 Å². The first-order valence-corrected chi connectivity index (χ1v) is 6.71. The zero-order chi connectivity index (χ0) is 12.5. The van der Waals surface area contributed by atoms with Crippen LogP contribution in [0, 0.1) is 12.7 Å². The lowest BCUT2D eigenvalue weighted by molar-refractivity contribution is 0.507. The standard InChI is InChI=1S/C13H17FN2S/c1-9-8-10(4-5-11(9)14)15-12-16-13(2,3)6-7-17-12/h4-5,8H,6-7H2,1-3H3,(H,15,16). The number of nitrogens with zero attached hydrogens (tertiary/aromatic N) is 1. The molecule has 1 heterocycles. The molecule has 1 aromatic rings. The van der Waals surface area contributed by atoms with E-state index in [4.69, 9.17) is 0 Å². The van der Waals surface area contributed by atoms with Gasteiger partial charge in [-0.2, -0.15) is 0 Å². The minimum atomic E-state index is -0.172. The summed E-state index contributed by atoms with van der Waals surface area (Å²) < 4.78 is 13.1. The van der Waals surface area contributed by atoms with Crippen LogP contribution in [0.5, 0.6) is 0 Å². The first-order valence-electron chi connectivity index (χ1n) is 5.72. The number of rotatable bonds is 1. The minimum Gasteiger partial charge on any atom is -0.335 e. The van der Waals surface area contributed by atoms with E-state index in [1.54, 1.807) is 30.8 Å². The van der Waals surface area contributed by atoms with E-state index in [0.29, 0.717) is 5.56 Å². The van der Waals surface area contributed by atoms with Crippen LogP contribution >= 0.6 is 11.8 Å². The molecule has 0 fully saturated rings. The van der Waals surface area contributed by atoms with Gasteiger partial charge >= 0.3 is 0 Å². The molecule has 4 heteroatoms. The van der Waals surface area contributed by atoms with Gasteiger partial charge in [-0.05, 0) is 51.0 Å². The van der Waals surface area contributed by atoms with Crippen LogP contribution in [0.25, 0.3) is 0 Å². The van der Waals surface area contributed by atoms with Crippen LogP contribution in [0.4, 0.5) is 10.1 Å². The molecule has 1 aromatic carbocycles. The average Bonchev–Trinajstić information content (AvgIpc) is 2.22. The van der Waals surface area contributed by atoms with Gasteiger partial charge in [0.25, 0.3) is 0 Å². The fraction of sp³-hybridized carbons (Fsp3) is 0.462. The Hall–Kier alpha value is -1.03. The lowest BCUT2D eigenvalue weighted by Gasteiger charge is -2.26. The van der Waals surface area contributed by atoms with Crippen molar-refractivity contribution in [2.24, 2.45) is 4.99 Å². The van der Waals surface area contributed by atoms with Crippen LogP contribution in [-0.2, 0) is 0 Å². The van der Waals surface area contributed by atoms with Crippen LogP contribution in [0.15, 0.2) is 23.2 Å². The van der Waals surface area contributed by atoms with E-state index >= 15 is 0 Å². The maximum absolute atomic E-state index is 13.1. The zero-order valence-electron chi connectivity index (χ0n) is 10.4. The second kappa shape index (κ2) is 4.69. The molecule has 92 valence electrons. The van der Waals surface area contributed by atoms with E-state index in [0.717, 1.165) is 23.0 Å². The quantitative estimate of drug-likeness (QED) is 0.821. The molecule has 0 saturated heterocycles. The van der Waals surface area contributed by atoms with Crippen molar-refractivity contribution in [3.63, 3.8) is 0 Å². The molecule has 1 aliphatic heterocycles. The van der Waals surface area contributed by atoms with E-state index in [1.807, 2.05) is 0 Å². The lowest BCUT2D eigenvalue weighted by atomic mass is 10.0. The van der Waals surface area contributed by atoms with Crippen LogP contribution in [-0.4, -0.2) is 16.5 Å². The highest BCUT2D eigenvalue weighted by atomic mass is 32.2. The van der Waals surface area contributed by atoms with Crippen LogP contribution in [0.2, 0.25) is 0 Å². The lowest BCUT2D eigenvalue weighted by Crippen LogP contribution is -2.27. The summed E-state index contributed by atoms with van der Waals surface area (Å²) >= 11 is 1.72. The Balaban J connectivity index is 2.15. The zero-order valence-corrected chi connectivity index (χ0v) is 11.2. The van der Waals surface area contributed by atoms with Gasteiger partial charge in [-0.3, -0.25) is 4.99 Å². The highest BCUT2D eigenvalue weighted by Gasteiger charge is 2.22. The number of nitrogens with one attached hydrogen (secondary N) is 1. The van der Waals surface area contributed by atoms with E-state index in [1.165, 1.54) is 6.07 Å².